The molecule has 0 unspecified atom stereocenters. The Kier molecular flexibility index (Phi) is 11.7. The van der Waals surface area contributed by atoms with Gasteiger partial charge in [-0.25, -0.2) is 0 Å². The highest BCUT2D eigenvalue weighted by Gasteiger charge is 2.44. The predicted molar refractivity (Wildman–Crippen MR) is 326 cm³/mol. The van der Waals surface area contributed by atoms with Crippen molar-refractivity contribution in [3.05, 3.63) is 290 Å². The molecule has 2 aliphatic heterocycles. The Labute approximate surface area is 460 Å². The second-order valence-electron chi connectivity index (χ2n) is 20.1. The number of hydrogen-bond acceptors (Lipinski definition) is 5. The molecule has 2 aliphatic rings. The normalized spacial score (nSPS) is 11.9. The van der Waals surface area contributed by atoms with Crippen LogP contribution in [0.25, 0.3) is 78.0 Å². The summed E-state index contributed by atoms with van der Waals surface area (Å²) in [7, 11) is 0. The molecule has 5 nitrogen and oxygen atoms in total. The van der Waals surface area contributed by atoms with Crippen molar-refractivity contribution in [3.63, 3.8) is 0 Å². The first-order valence-corrected chi connectivity index (χ1v) is 26.6. The van der Waals surface area contributed by atoms with Crippen molar-refractivity contribution in [3.8, 4) is 90.2 Å². The molecule has 366 valence electrons. The summed E-state index contributed by atoms with van der Waals surface area (Å²) in [6.07, 6.45) is 1.94. The first-order chi connectivity index (χ1) is 39.1. The van der Waals surface area contributed by atoms with Gasteiger partial charge < -0.3 is 9.80 Å². The minimum Gasteiger partial charge on any atom is -0.311 e. The van der Waals surface area contributed by atoms with Gasteiger partial charge in [-0.2, -0.15) is 10.5 Å². The van der Waals surface area contributed by atoms with Gasteiger partial charge in [0.05, 0.1) is 29.0 Å². The second kappa shape index (κ2) is 19.7. The Morgan fingerprint density at radius 1 is 0.316 bits per heavy atom. The van der Waals surface area contributed by atoms with Crippen LogP contribution in [0.4, 0.5) is 34.1 Å². The fourth-order valence-electron chi connectivity index (χ4n) is 11.8. The molecule has 79 heavy (non-hydrogen) atoms. The van der Waals surface area contributed by atoms with Crippen LogP contribution in [0.2, 0.25) is 0 Å². The lowest BCUT2D eigenvalue weighted by atomic mass is 9.33. The van der Waals surface area contributed by atoms with Crippen LogP contribution in [0.5, 0.6) is 0 Å². The molecule has 0 atom stereocenters. The Morgan fingerprint density at radius 3 is 1.11 bits per heavy atom. The number of hydrogen-bond donors (Lipinski definition) is 0. The van der Waals surface area contributed by atoms with E-state index >= 15 is 0 Å². The molecule has 0 radical (unpaired) electrons. The molecule has 0 saturated carbocycles. The number of fused-ring (bicyclic) bond motifs is 4. The molecular formula is C73H46BN5. The first-order valence-electron chi connectivity index (χ1n) is 26.6. The van der Waals surface area contributed by atoms with E-state index in [2.05, 4.69) is 271 Å². The lowest BCUT2D eigenvalue weighted by Crippen LogP contribution is -2.61. The number of aromatic nitrogens is 1. The molecular weight excluding hydrogens is 958 g/mol. The van der Waals surface area contributed by atoms with Gasteiger partial charge in [0.2, 0.25) is 0 Å². The van der Waals surface area contributed by atoms with Crippen molar-refractivity contribution in [1.82, 2.24) is 4.98 Å². The van der Waals surface area contributed by atoms with Crippen LogP contribution in [0.15, 0.2) is 279 Å². The van der Waals surface area contributed by atoms with Crippen LogP contribution in [0, 0.1) is 22.7 Å². The van der Waals surface area contributed by atoms with E-state index in [0.29, 0.717) is 11.1 Å². The van der Waals surface area contributed by atoms with Gasteiger partial charge in [0, 0.05) is 51.4 Å². The Hall–Kier alpha value is -10.8. The van der Waals surface area contributed by atoms with Crippen LogP contribution in [-0.4, -0.2) is 11.7 Å². The molecule has 0 bridgehead atoms. The van der Waals surface area contributed by atoms with E-state index in [1.165, 1.54) is 5.46 Å². The van der Waals surface area contributed by atoms with Crippen LogP contribution in [0.3, 0.4) is 0 Å². The third-order valence-electron chi connectivity index (χ3n) is 15.6. The van der Waals surface area contributed by atoms with Crippen LogP contribution < -0.4 is 26.2 Å². The van der Waals surface area contributed by atoms with E-state index in [1.807, 2.05) is 30.5 Å². The maximum absolute atomic E-state index is 9.82. The average molecular weight is 1000 g/mol. The van der Waals surface area contributed by atoms with Crippen LogP contribution in [-0.2, 0) is 0 Å². The Balaban J connectivity index is 1.10. The quantitative estimate of drug-likeness (QED) is 0.135. The Bertz CT molecular complexity index is 4070. The minimum absolute atomic E-state index is 0.239. The molecule has 0 aliphatic carbocycles. The molecule has 3 heterocycles. The van der Waals surface area contributed by atoms with Gasteiger partial charge in [0.1, 0.15) is 0 Å². The van der Waals surface area contributed by atoms with Gasteiger partial charge in [0.15, 0.2) is 0 Å². The van der Waals surface area contributed by atoms with Gasteiger partial charge >= 0.3 is 0 Å². The number of nitriles is 2. The summed E-state index contributed by atoms with van der Waals surface area (Å²) in [6.45, 7) is -0.239. The third-order valence-corrected chi connectivity index (χ3v) is 15.6. The lowest BCUT2D eigenvalue weighted by molar-refractivity contribution is 1.25. The molecule has 6 heteroatoms. The zero-order valence-electron chi connectivity index (χ0n) is 42.9. The molecule has 12 aromatic rings. The SMILES string of the molecule is N#Cc1ccc(-c2ccc3c(c2)B2c4cc(-c5ccc(C#N)cc5)ccc4N(c4ccc(-c5ccccc5)cc4)c4cc(-c5c(-c6ccccc6)ccnc5-c5ccccc5)cc(c42)N3c2ccc(-c3ccccc3)cc2)cc1. The molecule has 1 aromatic heterocycles. The van der Waals surface area contributed by atoms with Crippen LogP contribution in [0.1, 0.15) is 11.1 Å². The molecule has 0 saturated heterocycles. The van der Waals surface area contributed by atoms with E-state index < -0.39 is 0 Å². The van der Waals surface area contributed by atoms with Gasteiger partial charge in [-0.3, -0.25) is 4.98 Å². The van der Waals surface area contributed by atoms with Crippen molar-refractivity contribution in [2.24, 2.45) is 0 Å². The van der Waals surface area contributed by atoms with Gasteiger partial charge in [0.25, 0.3) is 6.71 Å². The summed E-state index contributed by atoms with van der Waals surface area (Å²) in [6, 6.07) is 101. The number of nitrogens with zero attached hydrogens (tertiary/aromatic N) is 5. The summed E-state index contributed by atoms with van der Waals surface area (Å²) in [5.74, 6) is 0. The maximum Gasteiger partial charge on any atom is 0.252 e. The van der Waals surface area contributed by atoms with E-state index in [0.717, 1.165) is 123 Å². The smallest absolute Gasteiger partial charge is 0.252 e. The zero-order valence-corrected chi connectivity index (χ0v) is 42.9. The second-order valence-corrected chi connectivity index (χ2v) is 20.1. The van der Waals surface area contributed by atoms with Crippen molar-refractivity contribution in [1.29, 1.82) is 10.5 Å². The fraction of sp³-hybridized carbons (Fsp3) is 0. The largest absolute Gasteiger partial charge is 0.311 e. The lowest BCUT2D eigenvalue weighted by Gasteiger charge is -2.45. The molecule has 14 rings (SSSR count). The molecule has 0 fully saturated rings. The summed E-state index contributed by atoms with van der Waals surface area (Å²) in [4.78, 5) is 10.2. The highest BCUT2D eigenvalue weighted by molar-refractivity contribution is 7.00. The van der Waals surface area contributed by atoms with Crippen molar-refractivity contribution >= 4 is 57.2 Å². The van der Waals surface area contributed by atoms with Gasteiger partial charge in [-0.15, -0.1) is 0 Å². The summed E-state index contributed by atoms with van der Waals surface area (Å²) in [5.41, 5.74) is 26.0. The molecule has 0 spiro atoms. The third kappa shape index (κ3) is 8.33. The first kappa shape index (κ1) is 46.7. The number of pyridine rings is 1. The number of benzene rings is 11. The number of anilines is 6. The highest BCUT2D eigenvalue weighted by Crippen LogP contribution is 2.49. The van der Waals surface area contributed by atoms with Crippen molar-refractivity contribution in [2.45, 2.75) is 0 Å². The van der Waals surface area contributed by atoms with E-state index in [4.69, 9.17) is 4.98 Å². The Morgan fingerprint density at radius 2 is 0.684 bits per heavy atom. The van der Waals surface area contributed by atoms with Gasteiger partial charge in [-0.1, -0.05) is 194 Å². The zero-order chi connectivity index (χ0) is 52.8. The topological polar surface area (TPSA) is 67.0 Å². The monoisotopic (exact) mass is 1000 g/mol. The van der Waals surface area contributed by atoms with E-state index in [9.17, 15) is 10.5 Å². The fourth-order valence-corrected chi connectivity index (χ4v) is 11.8. The maximum atomic E-state index is 9.82. The number of rotatable bonds is 9. The highest BCUT2D eigenvalue weighted by atomic mass is 15.2. The summed E-state index contributed by atoms with van der Waals surface area (Å²) < 4.78 is 0. The minimum atomic E-state index is -0.239. The summed E-state index contributed by atoms with van der Waals surface area (Å²) >= 11 is 0. The van der Waals surface area contributed by atoms with Crippen molar-refractivity contribution in [2.75, 3.05) is 9.80 Å². The summed E-state index contributed by atoms with van der Waals surface area (Å²) in [5, 5.41) is 19.6. The van der Waals surface area contributed by atoms with Crippen molar-refractivity contribution < 1.29 is 0 Å². The molecule has 0 amide bonds. The average Bonchev–Trinajstić information content (AvgIpc) is 3.65. The molecule has 0 N–H and O–H groups in total. The van der Waals surface area contributed by atoms with E-state index in [1.54, 1.807) is 0 Å². The van der Waals surface area contributed by atoms with Gasteiger partial charge in [-0.05, 0) is 156 Å². The van der Waals surface area contributed by atoms with E-state index in [-0.39, 0.29) is 6.71 Å². The standard InChI is InChI=1S/C73H46BN5/c75-47-49-21-25-55(26-22-49)59-33-39-67-65(43-59)74-66-44-60(56-27-23-50(48-76)24-28-56)34-40-68(66)79(63-37-31-54(32-38-63)52-15-7-2-8-16-52)70-46-61(45-69(72(70)74)78(67)62-35-29-53(30-36-62)51-13-5-1-6-14-51)71-64(57-17-9-3-10-18-57)41-42-77-73(71)58-19-11-4-12-20-58/h1-46H. The predicted octanol–water partition coefficient (Wildman–Crippen LogP) is 16.6. The molecule has 11 aromatic carbocycles. The van der Waals surface area contributed by atoms with Crippen LogP contribution >= 0.6 is 0 Å².